The summed E-state index contributed by atoms with van der Waals surface area (Å²) >= 11 is 3.30. The van der Waals surface area contributed by atoms with E-state index in [4.69, 9.17) is 0 Å². The van der Waals surface area contributed by atoms with E-state index in [0.29, 0.717) is 17.6 Å². The van der Waals surface area contributed by atoms with Crippen LogP contribution in [0.3, 0.4) is 0 Å². The molecular formula is C19H22OS2. The predicted molar refractivity (Wildman–Crippen MR) is 94.5 cm³/mol. The van der Waals surface area contributed by atoms with Gasteiger partial charge in [-0.1, -0.05) is 25.7 Å². The molecular weight excluding hydrogens is 308 g/mol. The number of thiophene rings is 2. The van der Waals surface area contributed by atoms with Gasteiger partial charge in [0.05, 0.1) is 9.75 Å². The molecule has 2 aliphatic carbocycles. The van der Waals surface area contributed by atoms with Crippen molar-refractivity contribution in [3.8, 4) is 0 Å². The fourth-order valence-corrected chi connectivity index (χ4v) is 6.15. The molecule has 0 bridgehead atoms. The Morgan fingerprint density at radius 2 is 1.18 bits per heavy atom. The maximum Gasteiger partial charge on any atom is 0.213 e. The van der Waals surface area contributed by atoms with Gasteiger partial charge in [-0.2, -0.15) is 0 Å². The minimum Gasteiger partial charge on any atom is -0.287 e. The summed E-state index contributed by atoms with van der Waals surface area (Å²) in [6.45, 7) is 0. The maximum atomic E-state index is 13.1. The van der Waals surface area contributed by atoms with Crippen LogP contribution in [0.2, 0.25) is 0 Å². The average Bonchev–Trinajstić information content (AvgIpc) is 3.35. The number of carbonyl (C=O) groups is 1. The molecule has 0 radical (unpaired) electrons. The summed E-state index contributed by atoms with van der Waals surface area (Å²) in [7, 11) is 0. The minimum absolute atomic E-state index is 0.300. The zero-order valence-corrected chi connectivity index (χ0v) is 14.5. The molecule has 2 fully saturated rings. The first kappa shape index (κ1) is 14.6. The highest BCUT2D eigenvalue weighted by molar-refractivity contribution is 7.16. The monoisotopic (exact) mass is 330 g/mol. The molecule has 0 aromatic carbocycles. The number of hydrogen-bond acceptors (Lipinski definition) is 3. The lowest BCUT2D eigenvalue weighted by Gasteiger charge is -2.12. The Bertz CT molecular complexity index is 598. The molecule has 0 aliphatic heterocycles. The summed E-state index contributed by atoms with van der Waals surface area (Å²) in [5.41, 5.74) is 2.66. The summed E-state index contributed by atoms with van der Waals surface area (Å²) in [6.07, 6.45) is 10.3. The summed E-state index contributed by atoms with van der Waals surface area (Å²) in [5.74, 6) is 1.55. The van der Waals surface area contributed by atoms with Crippen molar-refractivity contribution in [1.29, 1.82) is 0 Å². The molecule has 22 heavy (non-hydrogen) atoms. The number of carbonyl (C=O) groups excluding carboxylic acids is 1. The molecule has 0 N–H and O–H groups in total. The van der Waals surface area contributed by atoms with Crippen LogP contribution in [-0.4, -0.2) is 5.78 Å². The molecule has 0 atom stereocenters. The second-order valence-electron chi connectivity index (χ2n) is 6.70. The van der Waals surface area contributed by atoms with Crippen LogP contribution < -0.4 is 0 Å². The van der Waals surface area contributed by atoms with Gasteiger partial charge in [0, 0.05) is 0 Å². The second kappa shape index (κ2) is 6.29. The van der Waals surface area contributed by atoms with E-state index >= 15 is 0 Å². The Balaban J connectivity index is 1.65. The third-order valence-corrected chi connectivity index (χ3v) is 7.25. The third kappa shape index (κ3) is 2.59. The molecule has 2 aliphatic rings. The van der Waals surface area contributed by atoms with Crippen LogP contribution in [0.1, 0.15) is 88.9 Å². The largest absolute Gasteiger partial charge is 0.287 e. The van der Waals surface area contributed by atoms with Crippen molar-refractivity contribution in [2.45, 2.75) is 63.2 Å². The lowest BCUT2D eigenvalue weighted by molar-refractivity contribution is 0.104. The van der Waals surface area contributed by atoms with E-state index in [9.17, 15) is 4.79 Å². The van der Waals surface area contributed by atoms with Gasteiger partial charge in [0.2, 0.25) is 5.78 Å². The first-order chi connectivity index (χ1) is 10.8. The van der Waals surface area contributed by atoms with Crippen LogP contribution in [0.5, 0.6) is 0 Å². The topological polar surface area (TPSA) is 17.1 Å². The van der Waals surface area contributed by atoms with E-state index in [1.54, 1.807) is 22.7 Å². The summed E-state index contributed by atoms with van der Waals surface area (Å²) < 4.78 is 0. The molecule has 3 heteroatoms. The van der Waals surface area contributed by atoms with Crippen molar-refractivity contribution in [3.63, 3.8) is 0 Å². The van der Waals surface area contributed by atoms with Crippen LogP contribution in [0.25, 0.3) is 0 Å². The van der Waals surface area contributed by atoms with Gasteiger partial charge in [0.15, 0.2) is 0 Å². The van der Waals surface area contributed by atoms with E-state index in [1.165, 1.54) is 62.5 Å². The molecule has 2 saturated carbocycles. The molecule has 2 heterocycles. The van der Waals surface area contributed by atoms with E-state index in [2.05, 4.69) is 22.9 Å². The standard InChI is InChI=1S/C19H22OS2/c20-17(18-15(9-11-21-18)13-5-1-2-6-13)19-16(10-12-22-19)14-7-3-4-8-14/h9-14H,1-8H2. The third-order valence-electron chi connectivity index (χ3n) is 5.39. The Hall–Kier alpha value is -0.930. The van der Waals surface area contributed by atoms with Crippen LogP contribution in [0.4, 0.5) is 0 Å². The molecule has 2 aromatic rings. The van der Waals surface area contributed by atoms with E-state index in [1.807, 2.05) is 0 Å². The van der Waals surface area contributed by atoms with Crippen molar-refractivity contribution in [2.75, 3.05) is 0 Å². The van der Waals surface area contributed by atoms with Gasteiger partial charge >= 0.3 is 0 Å². The molecule has 0 unspecified atom stereocenters. The lowest BCUT2D eigenvalue weighted by Crippen LogP contribution is -2.06. The molecule has 1 nitrogen and oxygen atoms in total. The Kier molecular flexibility index (Phi) is 4.19. The minimum atomic E-state index is 0.300. The Morgan fingerprint density at radius 3 is 1.59 bits per heavy atom. The van der Waals surface area contributed by atoms with E-state index in [0.717, 1.165) is 9.75 Å². The maximum absolute atomic E-state index is 13.1. The van der Waals surface area contributed by atoms with Crippen LogP contribution in [0.15, 0.2) is 22.9 Å². The molecule has 0 amide bonds. The van der Waals surface area contributed by atoms with Crippen LogP contribution >= 0.6 is 22.7 Å². The van der Waals surface area contributed by atoms with E-state index < -0.39 is 0 Å². The number of rotatable bonds is 4. The number of ketones is 1. The molecule has 2 aromatic heterocycles. The quantitative estimate of drug-likeness (QED) is 0.596. The van der Waals surface area contributed by atoms with Gasteiger partial charge in [-0.15, -0.1) is 22.7 Å². The van der Waals surface area contributed by atoms with Gasteiger partial charge in [0.25, 0.3) is 0 Å². The van der Waals surface area contributed by atoms with Crippen molar-refractivity contribution in [3.05, 3.63) is 43.8 Å². The zero-order valence-electron chi connectivity index (χ0n) is 12.8. The van der Waals surface area contributed by atoms with Gasteiger partial charge in [0.1, 0.15) is 0 Å². The highest BCUT2D eigenvalue weighted by Gasteiger charge is 2.28. The van der Waals surface area contributed by atoms with Crippen molar-refractivity contribution in [1.82, 2.24) is 0 Å². The fraction of sp³-hybridized carbons (Fsp3) is 0.526. The fourth-order valence-electron chi connectivity index (χ4n) is 4.23. The number of hydrogen-bond donors (Lipinski definition) is 0. The first-order valence-electron chi connectivity index (χ1n) is 8.54. The normalized spacial score (nSPS) is 20.0. The molecule has 116 valence electrons. The van der Waals surface area contributed by atoms with Crippen molar-refractivity contribution >= 4 is 28.5 Å². The van der Waals surface area contributed by atoms with Gasteiger partial charge < -0.3 is 0 Å². The highest BCUT2D eigenvalue weighted by atomic mass is 32.1. The molecule has 4 rings (SSSR count). The van der Waals surface area contributed by atoms with Gasteiger partial charge in [-0.3, -0.25) is 4.79 Å². The van der Waals surface area contributed by atoms with Crippen molar-refractivity contribution in [2.24, 2.45) is 0 Å². The lowest BCUT2D eigenvalue weighted by atomic mass is 9.93. The van der Waals surface area contributed by atoms with Crippen LogP contribution in [-0.2, 0) is 0 Å². The first-order valence-corrected chi connectivity index (χ1v) is 10.3. The second-order valence-corrected chi connectivity index (χ2v) is 8.53. The van der Waals surface area contributed by atoms with Gasteiger partial charge in [-0.05, 0) is 71.5 Å². The molecule has 0 spiro atoms. The average molecular weight is 331 g/mol. The Labute approximate surface area is 140 Å². The highest BCUT2D eigenvalue weighted by Crippen LogP contribution is 2.41. The van der Waals surface area contributed by atoms with E-state index in [-0.39, 0.29) is 0 Å². The predicted octanol–water partition coefficient (Wildman–Crippen LogP) is 6.36. The summed E-state index contributed by atoms with van der Waals surface area (Å²) in [4.78, 5) is 15.2. The smallest absolute Gasteiger partial charge is 0.213 e. The van der Waals surface area contributed by atoms with Gasteiger partial charge in [-0.25, -0.2) is 0 Å². The zero-order chi connectivity index (χ0) is 14.9. The molecule has 0 saturated heterocycles. The Morgan fingerprint density at radius 1 is 0.773 bits per heavy atom. The summed E-state index contributed by atoms with van der Waals surface area (Å²) in [5, 5.41) is 4.23. The SMILES string of the molecule is O=C(c1sccc1C1CCCC1)c1sccc1C1CCCC1. The van der Waals surface area contributed by atoms with Crippen LogP contribution in [0, 0.1) is 0 Å². The summed E-state index contributed by atoms with van der Waals surface area (Å²) in [6, 6.07) is 4.41. The van der Waals surface area contributed by atoms with Crippen molar-refractivity contribution < 1.29 is 4.79 Å².